The summed E-state index contributed by atoms with van der Waals surface area (Å²) in [5.74, 6) is 1.26. The van der Waals surface area contributed by atoms with Gasteiger partial charge in [-0.15, -0.1) is 0 Å². The molecule has 3 rings (SSSR count). The minimum Gasteiger partial charge on any atom is -0.497 e. The second-order valence-electron chi connectivity index (χ2n) is 6.86. The van der Waals surface area contributed by atoms with Crippen LogP contribution in [0.15, 0.2) is 47.5 Å². The molecule has 30 heavy (non-hydrogen) atoms. The van der Waals surface area contributed by atoms with E-state index in [0.717, 1.165) is 41.0 Å². The molecule has 0 aliphatic heterocycles. The largest absolute Gasteiger partial charge is 0.497 e. The Balaban J connectivity index is 1.84. The van der Waals surface area contributed by atoms with E-state index < -0.39 is 0 Å². The summed E-state index contributed by atoms with van der Waals surface area (Å²) in [6.45, 7) is 4.00. The third-order valence-corrected chi connectivity index (χ3v) is 5.77. The highest BCUT2D eigenvalue weighted by Crippen LogP contribution is 2.23. The molecule has 1 heterocycles. The van der Waals surface area contributed by atoms with Crippen LogP contribution in [0.25, 0.3) is 10.2 Å². The van der Waals surface area contributed by atoms with Gasteiger partial charge in [0.1, 0.15) is 11.5 Å². The molecule has 1 aromatic heterocycles. The fourth-order valence-electron chi connectivity index (χ4n) is 3.05. The van der Waals surface area contributed by atoms with E-state index in [0.29, 0.717) is 30.1 Å². The summed E-state index contributed by atoms with van der Waals surface area (Å²) in [5, 5.41) is 0. The fourth-order valence-corrected chi connectivity index (χ4v) is 4.13. The zero-order chi connectivity index (χ0) is 21.3. The summed E-state index contributed by atoms with van der Waals surface area (Å²) < 4.78 is 19.3. The lowest BCUT2D eigenvalue weighted by Gasteiger charge is -2.06. The first-order valence-electron chi connectivity index (χ1n) is 10.1. The number of aromatic nitrogens is 1. The minimum atomic E-state index is -0.280. The zero-order valence-corrected chi connectivity index (χ0v) is 18.5. The molecule has 0 unspecified atom stereocenters. The van der Waals surface area contributed by atoms with Gasteiger partial charge in [-0.2, -0.15) is 4.99 Å². The molecule has 0 atom stereocenters. The third-order valence-electron chi connectivity index (χ3n) is 4.72. The summed E-state index contributed by atoms with van der Waals surface area (Å²) in [6, 6.07) is 13.0. The highest BCUT2D eigenvalue weighted by molar-refractivity contribution is 7.16. The number of fused-ring (bicyclic) bond motifs is 1. The number of rotatable bonds is 10. The van der Waals surface area contributed by atoms with Gasteiger partial charge in [0.2, 0.25) is 0 Å². The van der Waals surface area contributed by atoms with Gasteiger partial charge in [0.15, 0.2) is 4.80 Å². The summed E-state index contributed by atoms with van der Waals surface area (Å²) in [5.41, 5.74) is 1.53. The van der Waals surface area contributed by atoms with E-state index in [4.69, 9.17) is 14.2 Å². The summed E-state index contributed by atoms with van der Waals surface area (Å²) in [6.07, 6.45) is 3.34. The van der Waals surface area contributed by atoms with Gasteiger partial charge >= 0.3 is 0 Å². The predicted octanol–water partition coefficient (Wildman–Crippen LogP) is 4.67. The second kappa shape index (κ2) is 10.9. The van der Waals surface area contributed by atoms with E-state index in [1.165, 1.54) is 11.3 Å². The van der Waals surface area contributed by atoms with Crippen LogP contribution in [-0.2, 0) is 11.3 Å². The maximum Gasteiger partial charge on any atom is 0.279 e. The molecule has 0 aliphatic carbocycles. The van der Waals surface area contributed by atoms with Gasteiger partial charge in [-0.05, 0) is 48.9 Å². The molecule has 0 fully saturated rings. The summed E-state index contributed by atoms with van der Waals surface area (Å²) in [4.78, 5) is 17.8. The van der Waals surface area contributed by atoms with Crippen LogP contribution in [0.2, 0.25) is 0 Å². The standard InChI is InChI=1S/C23H28N2O4S/c1-4-5-6-14-29-18-9-7-17(8-10-18)22(26)24-23-25(13-15-27-2)20-12-11-19(28-3)16-21(20)30-23/h7-12,16H,4-6,13-15H2,1-3H3. The van der Waals surface area contributed by atoms with Crippen molar-refractivity contribution in [1.29, 1.82) is 0 Å². The highest BCUT2D eigenvalue weighted by atomic mass is 32.1. The van der Waals surface area contributed by atoms with Crippen molar-refractivity contribution in [2.75, 3.05) is 27.4 Å². The van der Waals surface area contributed by atoms with E-state index >= 15 is 0 Å². The van der Waals surface area contributed by atoms with E-state index in [-0.39, 0.29) is 5.91 Å². The first kappa shape index (κ1) is 22.1. The minimum absolute atomic E-state index is 0.280. The SMILES string of the molecule is CCCCCOc1ccc(C(=O)N=c2sc3cc(OC)ccc3n2CCOC)cc1. The van der Waals surface area contributed by atoms with Gasteiger partial charge in [0.25, 0.3) is 5.91 Å². The topological polar surface area (TPSA) is 62.0 Å². The molecule has 3 aromatic rings. The maximum atomic E-state index is 12.8. The van der Waals surface area contributed by atoms with Crippen molar-refractivity contribution in [1.82, 2.24) is 4.57 Å². The van der Waals surface area contributed by atoms with Gasteiger partial charge in [-0.3, -0.25) is 4.79 Å². The van der Waals surface area contributed by atoms with Crippen LogP contribution in [0.3, 0.4) is 0 Å². The number of benzene rings is 2. The number of methoxy groups -OCH3 is 2. The van der Waals surface area contributed by atoms with Crippen LogP contribution in [0.5, 0.6) is 11.5 Å². The van der Waals surface area contributed by atoms with E-state index in [1.54, 1.807) is 26.4 Å². The predicted molar refractivity (Wildman–Crippen MR) is 120 cm³/mol. The molecule has 1 amide bonds. The van der Waals surface area contributed by atoms with Crippen molar-refractivity contribution < 1.29 is 19.0 Å². The molecule has 0 saturated heterocycles. The van der Waals surface area contributed by atoms with Crippen molar-refractivity contribution in [2.24, 2.45) is 4.99 Å². The molecule has 0 radical (unpaired) electrons. The quantitative estimate of drug-likeness (QED) is 0.440. The number of thiazole rings is 1. The average Bonchev–Trinajstić information content (AvgIpc) is 3.11. The smallest absolute Gasteiger partial charge is 0.279 e. The molecular formula is C23H28N2O4S. The average molecular weight is 429 g/mol. The molecular weight excluding hydrogens is 400 g/mol. The van der Waals surface area contributed by atoms with Crippen molar-refractivity contribution in [3.63, 3.8) is 0 Å². The summed E-state index contributed by atoms with van der Waals surface area (Å²) in [7, 11) is 3.30. The molecule has 6 nitrogen and oxygen atoms in total. The molecule has 0 bridgehead atoms. The zero-order valence-electron chi connectivity index (χ0n) is 17.7. The van der Waals surface area contributed by atoms with Crippen molar-refractivity contribution in [3.8, 4) is 11.5 Å². The van der Waals surface area contributed by atoms with Gasteiger partial charge in [0.05, 0.1) is 30.5 Å². The number of hydrogen-bond donors (Lipinski definition) is 0. The lowest BCUT2D eigenvalue weighted by atomic mass is 10.2. The Morgan fingerprint density at radius 1 is 1.03 bits per heavy atom. The first-order chi connectivity index (χ1) is 14.7. The molecule has 2 aromatic carbocycles. The van der Waals surface area contributed by atoms with Crippen LogP contribution in [0, 0.1) is 0 Å². The molecule has 0 spiro atoms. The van der Waals surface area contributed by atoms with Crippen molar-refractivity contribution >= 4 is 27.5 Å². The number of nitrogens with zero attached hydrogens (tertiary/aromatic N) is 2. The Morgan fingerprint density at radius 3 is 2.50 bits per heavy atom. The monoisotopic (exact) mass is 428 g/mol. The molecule has 0 aliphatic rings. The lowest BCUT2D eigenvalue weighted by Crippen LogP contribution is -2.19. The highest BCUT2D eigenvalue weighted by Gasteiger charge is 2.10. The Labute approximate surface area is 180 Å². The van der Waals surface area contributed by atoms with Gasteiger partial charge in [-0.1, -0.05) is 31.1 Å². The third kappa shape index (κ3) is 5.49. The number of hydrogen-bond acceptors (Lipinski definition) is 5. The number of ether oxygens (including phenoxy) is 3. The Hall–Kier alpha value is -2.64. The van der Waals surface area contributed by atoms with Crippen molar-refractivity contribution in [3.05, 3.63) is 52.8 Å². The van der Waals surface area contributed by atoms with Crippen LogP contribution >= 0.6 is 11.3 Å². The maximum absolute atomic E-state index is 12.8. The Bertz CT molecular complexity index is 1040. The van der Waals surface area contributed by atoms with Crippen LogP contribution in [0.1, 0.15) is 36.5 Å². The normalized spacial score (nSPS) is 11.8. The van der Waals surface area contributed by atoms with Crippen LogP contribution in [-0.4, -0.2) is 37.9 Å². The van der Waals surface area contributed by atoms with E-state index in [1.807, 2.05) is 34.9 Å². The lowest BCUT2D eigenvalue weighted by molar-refractivity contribution is 0.0997. The number of amides is 1. The number of carbonyl (C=O) groups is 1. The van der Waals surface area contributed by atoms with E-state index in [9.17, 15) is 4.79 Å². The molecule has 160 valence electrons. The first-order valence-corrected chi connectivity index (χ1v) is 11.0. The number of carbonyl (C=O) groups excluding carboxylic acids is 1. The summed E-state index contributed by atoms with van der Waals surface area (Å²) >= 11 is 1.46. The fraction of sp³-hybridized carbons (Fsp3) is 0.391. The van der Waals surface area contributed by atoms with Gasteiger partial charge < -0.3 is 18.8 Å². The number of unbranched alkanes of at least 4 members (excludes halogenated alkanes) is 2. The van der Waals surface area contributed by atoms with E-state index in [2.05, 4.69) is 11.9 Å². The van der Waals surface area contributed by atoms with Crippen LogP contribution in [0.4, 0.5) is 0 Å². The molecule has 0 N–H and O–H groups in total. The Kier molecular flexibility index (Phi) is 8.04. The van der Waals surface area contributed by atoms with Gasteiger partial charge in [0, 0.05) is 19.2 Å². The van der Waals surface area contributed by atoms with Crippen molar-refractivity contribution in [2.45, 2.75) is 32.7 Å². The molecule has 7 heteroatoms. The van der Waals surface area contributed by atoms with Crippen LogP contribution < -0.4 is 14.3 Å². The Morgan fingerprint density at radius 2 is 1.80 bits per heavy atom. The van der Waals surface area contributed by atoms with Gasteiger partial charge in [-0.25, -0.2) is 0 Å². The molecule has 0 saturated carbocycles. The second-order valence-corrected chi connectivity index (χ2v) is 7.87.